The first kappa shape index (κ1) is 26.2. The maximum atomic E-state index is 13.9. The van der Waals surface area contributed by atoms with Gasteiger partial charge in [-0.3, -0.25) is 14.9 Å². The SMILES string of the molecule is NC(=O)CC(O)CC(O)CNC(=O)Nc1snc(OCc2c(F)cc(Cl)cc2F)c1C(N)=O. The minimum Gasteiger partial charge on any atom is -0.471 e. The van der Waals surface area contributed by atoms with Gasteiger partial charge in [-0.15, -0.1) is 0 Å². The fraction of sp³-hybridized carbons (Fsp3) is 0.333. The molecule has 15 heteroatoms. The second kappa shape index (κ2) is 11.7. The number of urea groups is 1. The maximum absolute atomic E-state index is 13.9. The van der Waals surface area contributed by atoms with Crippen molar-refractivity contribution in [3.63, 3.8) is 0 Å². The second-order valence-corrected chi connectivity index (χ2v) is 7.95. The zero-order chi connectivity index (χ0) is 24.7. The van der Waals surface area contributed by atoms with Gasteiger partial charge >= 0.3 is 6.03 Å². The maximum Gasteiger partial charge on any atom is 0.320 e. The summed E-state index contributed by atoms with van der Waals surface area (Å²) in [4.78, 5) is 34.6. The summed E-state index contributed by atoms with van der Waals surface area (Å²) in [5.74, 6) is -4.06. The van der Waals surface area contributed by atoms with Gasteiger partial charge in [0.05, 0.1) is 24.2 Å². The van der Waals surface area contributed by atoms with Gasteiger partial charge in [-0.05, 0) is 23.7 Å². The number of halogens is 3. The van der Waals surface area contributed by atoms with Gasteiger partial charge in [0.25, 0.3) is 5.91 Å². The number of primary amides is 2. The number of benzene rings is 1. The van der Waals surface area contributed by atoms with Crippen molar-refractivity contribution in [1.29, 1.82) is 0 Å². The number of anilines is 1. The van der Waals surface area contributed by atoms with Gasteiger partial charge in [0.1, 0.15) is 28.8 Å². The first-order chi connectivity index (χ1) is 15.5. The molecule has 0 saturated carbocycles. The number of aromatic nitrogens is 1. The van der Waals surface area contributed by atoms with Gasteiger partial charge in [-0.1, -0.05) is 11.6 Å². The van der Waals surface area contributed by atoms with E-state index in [0.29, 0.717) is 11.5 Å². The summed E-state index contributed by atoms with van der Waals surface area (Å²) < 4.78 is 36.9. The molecule has 33 heavy (non-hydrogen) atoms. The molecule has 2 rings (SSSR count). The molecule has 0 fully saturated rings. The number of nitrogens with two attached hydrogens (primary N) is 2. The molecule has 2 atom stereocenters. The van der Waals surface area contributed by atoms with E-state index < -0.39 is 53.9 Å². The number of nitrogens with zero attached hydrogens (tertiary/aromatic N) is 1. The molecule has 0 saturated heterocycles. The molecular weight excluding hydrogens is 488 g/mol. The highest BCUT2D eigenvalue weighted by molar-refractivity contribution is 7.11. The molecule has 4 amide bonds. The van der Waals surface area contributed by atoms with Crippen LogP contribution in [0.15, 0.2) is 12.1 Å². The summed E-state index contributed by atoms with van der Waals surface area (Å²) in [5.41, 5.74) is 9.46. The number of nitrogens with one attached hydrogen (secondary N) is 2. The minimum absolute atomic E-state index is 0.115. The van der Waals surface area contributed by atoms with Crippen LogP contribution in [0.25, 0.3) is 0 Å². The van der Waals surface area contributed by atoms with E-state index in [1.165, 1.54) is 0 Å². The van der Waals surface area contributed by atoms with Crippen LogP contribution in [0.2, 0.25) is 5.02 Å². The lowest BCUT2D eigenvalue weighted by Gasteiger charge is -2.15. The Balaban J connectivity index is 1.99. The molecule has 0 aliphatic rings. The number of rotatable bonds is 11. The monoisotopic (exact) mass is 507 g/mol. The summed E-state index contributed by atoms with van der Waals surface area (Å²) in [5, 5.41) is 23.7. The van der Waals surface area contributed by atoms with Gasteiger partial charge in [0, 0.05) is 18.0 Å². The molecule has 180 valence electrons. The van der Waals surface area contributed by atoms with Gasteiger partial charge in [-0.25, -0.2) is 13.6 Å². The number of carbonyl (C=O) groups excluding carboxylic acids is 3. The van der Waals surface area contributed by atoms with Gasteiger partial charge in [-0.2, -0.15) is 4.37 Å². The zero-order valence-corrected chi connectivity index (χ0v) is 18.4. The predicted molar refractivity (Wildman–Crippen MR) is 114 cm³/mol. The Morgan fingerprint density at radius 1 is 1.18 bits per heavy atom. The van der Waals surface area contributed by atoms with Crippen LogP contribution in [-0.4, -0.2) is 51.2 Å². The van der Waals surface area contributed by atoms with Crippen molar-refractivity contribution in [3.05, 3.63) is 39.9 Å². The Morgan fingerprint density at radius 3 is 2.39 bits per heavy atom. The summed E-state index contributed by atoms with van der Waals surface area (Å²) >= 11 is 6.18. The van der Waals surface area contributed by atoms with E-state index >= 15 is 0 Å². The smallest absolute Gasteiger partial charge is 0.320 e. The Kier molecular flexibility index (Phi) is 9.28. The first-order valence-corrected chi connectivity index (χ1v) is 10.4. The van der Waals surface area contributed by atoms with Crippen molar-refractivity contribution in [3.8, 4) is 5.88 Å². The lowest BCUT2D eigenvalue weighted by molar-refractivity contribution is -0.120. The molecule has 0 aliphatic heterocycles. The van der Waals surface area contributed by atoms with E-state index in [1.54, 1.807) is 0 Å². The van der Waals surface area contributed by atoms with E-state index in [1.807, 2.05) is 0 Å². The average Bonchev–Trinajstić information content (AvgIpc) is 3.07. The quantitative estimate of drug-likeness (QED) is 0.260. The van der Waals surface area contributed by atoms with Crippen LogP contribution >= 0.6 is 23.1 Å². The molecule has 2 unspecified atom stereocenters. The summed E-state index contributed by atoms with van der Waals surface area (Å²) in [6.45, 7) is -0.935. The predicted octanol–water partition coefficient (Wildman–Crippen LogP) is 0.861. The Morgan fingerprint density at radius 2 is 1.82 bits per heavy atom. The van der Waals surface area contributed by atoms with Crippen molar-refractivity contribution < 1.29 is 38.1 Å². The number of hydrogen-bond acceptors (Lipinski definition) is 8. The molecule has 11 nitrogen and oxygen atoms in total. The van der Waals surface area contributed by atoms with Gasteiger partial charge in [0.2, 0.25) is 11.8 Å². The highest BCUT2D eigenvalue weighted by Gasteiger charge is 2.23. The van der Waals surface area contributed by atoms with Crippen LogP contribution in [0.3, 0.4) is 0 Å². The first-order valence-electron chi connectivity index (χ1n) is 9.22. The van der Waals surface area contributed by atoms with Crippen molar-refractivity contribution >= 4 is 46.0 Å². The third-order valence-electron chi connectivity index (χ3n) is 4.07. The van der Waals surface area contributed by atoms with Gasteiger partial charge in [0.15, 0.2) is 0 Å². The standard InChI is InChI=1S/C18H20ClF2N5O6S/c19-7-1-11(20)10(12(21)2-7)6-32-16-14(15(23)30)17(33-26-16)25-18(31)24-5-9(28)3-8(27)4-13(22)29/h1-2,8-9,27-28H,3-6H2,(H2,22,29)(H2,23,30)(H2,24,25,31). The van der Waals surface area contributed by atoms with Crippen molar-refractivity contribution in [2.45, 2.75) is 31.7 Å². The number of aliphatic hydroxyl groups excluding tert-OH is 2. The van der Waals surface area contributed by atoms with Crippen LogP contribution in [0.1, 0.15) is 28.8 Å². The number of ether oxygens (including phenoxy) is 1. The number of hydrogen-bond donors (Lipinski definition) is 6. The largest absolute Gasteiger partial charge is 0.471 e. The molecule has 0 spiro atoms. The highest BCUT2D eigenvalue weighted by Crippen LogP contribution is 2.31. The van der Waals surface area contributed by atoms with Crippen LogP contribution in [-0.2, 0) is 11.4 Å². The molecule has 1 heterocycles. The normalized spacial score (nSPS) is 12.6. The topological polar surface area (TPSA) is 190 Å². The molecular formula is C18H20ClF2N5O6S. The molecule has 0 aliphatic carbocycles. The third kappa shape index (κ3) is 7.78. The lowest BCUT2D eigenvalue weighted by Crippen LogP contribution is -2.37. The van der Waals surface area contributed by atoms with Crippen molar-refractivity contribution in [2.24, 2.45) is 11.5 Å². The van der Waals surface area contributed by atoms with E-state index in [-0.39, 0.29) is 40.9 Å². The molecule has 1 aromatic heterocycles. The average molecular weight is 508 g/mol. The fourth-order valence-electron chi connectivity index (χ4n) is 2.60. The van der Waals surface area contributed by atoms with Crippen molar-refractivity contribution in [2.75, 3.05) is 11.9 Å². The summed E-state index contributed by atoms with van der Waals surface area (Å²) in [7, 11) is 0. The van der Waals surface area contributed by atoms with Crippen LogP contribution < -0.4 is 26.8 Å². The number of aliphatic hydroxyl groups is 2. The van der Waals surface area contributed by atoms with Gasteiger partial charge < -0.3 is 31.7 Å². The van der Waals surface area contributed by atoms with Crippen LogP contribution in [0.4, 0.5) is 18.6 Å². The molecule has 0 radical (unpaired) electrons. The third-order valence-corrected chi connectivity index (χ3v) is 5.04. The lowest BCUT2D eigenvalue weighted by atomic mass is 10.1. The fourth-order valence-corrected chi connectivity index (χ4v) is 3.53. The van der Waals surface area contributed by atoms with E-state index in [4.69, 9.17) is 27.8 Å². The Bertz CT molecular complexity index is 1020. The molecule has 0 bridgehead atoms. The summed E-state index contributed by atoms with van der Waals surface area (Å²) in [6, 6.07) is 0.918. The summed E-state index contributed by atoms with van der Waals surface area (Å²) in [6.07, 6.45) is -2.93. The number of amides is 4. The van der Waals surface area contributed by atoms with E-state index in [9.17, 15) is 33.4 Å². The zero-order valence-electron chi connectivity index (χ0n) is 16.8. The Labute approximate surface area is 194 Å². The molecule has 8 N–H and O–H groups in total. The second-order valence-electron chi connectivity index (χ2n) is 6.74. The van der Waals surface area contributed by atoms with Crippen molar-refractivity contribution in [1.82, 2.24) is 9.69 Å². The molecule has 1 aromatic carbocycles. The van der Waals surface area contributed by atoms with Crippen LogP contribution in [0.5, 0.6) is 5.88 Å². The Hall–Kier alpha value is -3.07. The highest BCUT2D eigenvalue weighted by atomic mass is 35.5. The molecule has 2 aromatic rings. The van der Waals surface area contributed by atoms with E-state index in [2.05, 4.69) is 15.0 Å². The van der Waals surface area contributed by atoms with E-state index in [0.717, 1.165) is 12.1 Å². The van der Waals surface area contributed by atoms with Crippen LogP contribution in [0, 0.1) is 11.6 Å². The minimum atomic E-state index is -1.19. The number of carbonyl (C=O) groups is 3.